The van der Waals surface area contributed by atoms with E-state index in [1.165, 1.54) is 15.6 Å². The molecule has 0 spiro atoms. The zero-order valence-corrected chi connectivity index (χ0v) is 13.7. The maximum Gasteiger partial charge on any atom is 0.114 e. The van der Waals surface area contributed by atoms with E-state index in [1.54, 1.807) is 0 Å². The lowest BCUT2D eigenvalue weighted by Crippen LogP contribution is -2.49. The second kappa shape index (κ2) is 6.16. The Morgan fingerprint density at radius 3 is 2.17 bits per heavy atom. The molecule has 0 saturated carbocycles. The molecule has 0 amide bonds. The van der Waals surface area contributed by atoms with E-state index in [0.717, 1.165) is 12.8 Å². The maximum absolute atomic E-state index is 4.90. The molecule has 0 aliphatic heterocycles. The fourth-order valence-corrected chi connectivity index (χ4v) is 3.97. The fraction of sp³-hybridized carbons (Fsp3) is 0.800. The predicted molar refractivity (Wildman–Crippen MR) is 81.3 cm³/mol. The van der Waals surface area contributed by atoms with Gasteiger partial charge >= 0.3 is 0 Å². The molecular weight excluding hydrogens is 240 g/mol. The Morgan fingerprint density at radius 1 is 1.22 bits per heavy atom. The van der Waals surface area contributed by atoms with Crippen molar-refractivity contribution in [3.05, 3.63) is 15.6 Å². The molecule has 0 aliphatic carbocycles. The van der Waals surface area contributed by atoms with Gasteiger partial charge in [-0.1, -0.05) is 27.7 Å². The van der Waals surface area contributed by atoms with Crippen LogP contribution in [0.15, 0.2) is 0 Å². The topological polar surface area (TPSA) is 24.9 Å². The summed E-state index contributed by atoms with van der Waals surface area (Å²) in [7, 11) is 0. The van der Waals surface area contributed by atoms with Gasteiger partial charge in [-0.25, -0.2) is 4.98 Å². The summed E-state index contributed by atoms with van der Waals surface area (Å²) in [6.07, 6.45) is 2.11. The number of nitrogens with zero attached hydrogens (tertiary/aromatic N) is 1. The molecule has 1 rings (SSSR count). The van der Waals surface area contributed by atoms with Gasteiger partial charge in [0.2, 0.25) is 0 Å². The first-order valence-corrected chi connectivity index (χ1v) is 7.93. The molecular formula is C15H28N2S. The van der Waals surface area contributed by atoms with Crippen molar-refractivity contribution in [2.24, 2.45) is 5.92 Å². The highest BCUT2D eigenvalue weighted by Crippen LogP contribution is 2.37. The smallest absolute Gasteiger partial charge is 0.114 e. The molecule has 1 aromatic rings. The Hall–Kier alpha value is -0.410. The summed E-state index contributed by atoms with van der Waals surface area (Å²) in [4.78, 5) is 6.27. The highest BCUT2D eigenvalue weighted by atomic mass is 32.1. The van der Waals surface area contributed by atoms with Crippen molar-refractivity contribution in [1.82, 2.24) is 10.3 Å². The highest BCUT2D eigenvalue weighted by molar-refractivity contribution is 7.11. The Morgan fingerprint density at radius 2 is 1.83 bits per heavy atom. The minimum atomic E-state index is 0.0248. The van der Waals surface area contributed by atoms with Crippen LogP contribution >= 0.6 is 11.3 Å². The summed E-state index contributed by atoms with van der Waals surface area (Å²) in [6.45, 7) is 15.7. The van der Waals surface area contributed by atoms with Gasteiger partial charge in [-0.05, 0) is 39.5 Å². The quantitative estimate of drug-likeness (QED) is 0.833. The van der Waals surface area contributed by atoms with Crippen LogP contribution in [0.2, 0.25) is 0 Å². The van der Waals surface area contributed by atoms with Crippen LogP contribution in [0.3, 0.4) is 0 Å². The lowest BCUT2D eigenvalue weighted by Gasteiger charge is -2.38. The number of nitrogens with one attached hydrogen (secondary N) is 1. The van der Waals surface area contributed by atoms with Crippen LogP contribution in [-0.4, -0.2) is 11.0 Å². The van der Waals surface area contributed by atoms with Crippen LogP contribution in [0, 0.1) is 12.8 Å². The Balaban J connectivity index is 3.23. The molecule has 1 aromatic heterocycles. The van der Waals surface area contributed by atoms with E-state index in [1.807, 2.05) is 11.3 Å². The Kier molecular flexibility index (Phi) is 5.35. The largest absolute Gasteiger partial charge is 0.303 e. The van der Waals surface area contributed by atoms with Gasteiger partial charge in [-0.3, -0.25) is 0 Å². The van der Waals surface area contributed by atoms with Gasteiger partial charge in [-0.2, -0.15) is 0 Å². The molecule has 104 valence electrons. The average Bonchev–Trinajstić information content (AvgIpc) is 2.67. The first-order chi connectivity index (χ1) is 8.37. The summed E-state index contributed by atoms with van der Waals surface area (Å²) >= 11 is 1.87. The van der Waals surface area contributed by atoms with E-state index in [4.69, 9.17) is 4.98 Å². The maximum atomic E-state index is 4.90. The summed E-state index contributed by atoms with van der Waals surface area (Å²) in [5.74, 6) is 0.542. The number of thiazole rings is 1. The molecule has 0 fully saturated rings. The predicted octanol–water partition coefficient (Wildman–Crippen LogP) is 4.27. The molecule has 3 heteroatoms. The zero-order chi connectivity index (χ0) is 13.9. The second-order valence-electron chi connectivity index (χ2n) is 5.65. The van der Waals surface area contributed by atoms with Crippen molar-refractivity contribution >= 4 is 11.3 Å². The Bertz CT molecular complexity index is 382. The van der Waals surface area contributed by atoms with E-state index in [-0.39, 0.29) is 5.54 Å². The van der Waals surface area contributed by atoms with Crippen LogP contribution in [0.25, 0.3) is 0 Å². The number of hydrogen-bond donors (Lipinski definition) is 1. The van der Waals surface area contributed by atoms with Crippen LogP contribution in [0.1, 0.15) is 63.5 Å². The van der Waals surface area contributed by atoms with Crippen molar-refractivity contribution in [1.29, 1.82) is 0 Å². The SMILES string of the molecule is CCc1nc(C(CC)(NC(C)C)C(C)C)sc1C. The third-order valence-electron chi connectivity index (χ3n) is 3.70. The monoisotopic (exact) mass is 268 g/mol. The molecule has 0 aromatic carbocycles. The third-order valence-corrected chi connectivity index (χ3v) is 4.89. The van der Waals surface area contributed by atoms with E-state index in [9.17, 15) is 0 Å². The van der Waals surface area contributed by atoms with Gasteiger partial charge in [0.25, 0.3) is 0 Å². The third kappa shape index (κ3) is 2.94. The van der Waals surface area contributed by atoms with Crippen molar-refractivity contribution in [2.75, 3.05) is 0 Å². The minimum Gasteiger partial charge on any atom is -0.303 e. The number of hydrogen-bond acceptors (Lipinski definition) is 3. The molecule has 18 heavy (non-hydrogen) atoms. The van der Waals surface area contributed by atoms with Crippen LogP contribution in [-0.2, 0) is 12.0 Å². The lowest BCUT2D eigenvalue weighted by molar-refractivity contribution is 0.210. The normalized spacial score (nSPS) is 15.4. The van der Waals surface area contributed by atoms with Crippen LogP contribution in [0.4, 0.5) is 0 Å². The molecule has 2 nitrogen and oxygen atoms in total. The number of rotatable bonds is 6. The summed E-state index contributed by atoms with van der Waals surface area (Å²) in [6, 6.07) is 0.474. The molecule has 0 aliphatic rings. The van der Waals surface area contributed by atoms with Crippen LogP contribution in [0.5, 0.6) is 0 Å². The number of aryl methyl sites for hydroxylation is 2. The zero-order valence-electron chi connectivity index (χ0n) is 12.9. The molecule has 0 saturated heterocycles. The minimum absolute atomic E-state index is 0.0248. The standard InChI is InChI=1S/C15H28N2S/c1-8-13-12(7)18-14(16-13)15(9-2,10(3)4)17-11(5)6/h10-11,17H,8-9H2,1-7H3. The Labute approximate surface area is 116 Å². The van der Waals surface area contributed by atoms with Gasteiger partial charge in [0.15, 0.2) is 0 Å². The molecule has 0 bridgehead atoms. The number of aromatic nitrogens is 1. The molecule has 1 N–H and O–H groups in total. The first-order valence-electron chi connectivity index (χ1n) is 7.11. The summed E-state index contributed by atoms with van der Waals surface area (Å²) in [5.41, 5.74) is 1.29. The van der Waals surface area contributed by atoms with Crippen molar-refractivity contribution in [3.8, 4) is 0 Å². The van der Waals surface area contributed by atoms with E-state index >= 15 is 0 Å². The lowest BCUT2D eigenvalue weighted by atomic mass is 9.83. The van der Waals surface area contributed by atoms with Crippen molar-refractivity contribution < 1.29 is 0 Å². The summed E-state index contributed by atoms with van der Waals surface area (Å²) < 4.78 is 0. The van der Waals surface area contributed by atoms with E-state index in [0.29, 0.717) is 12.0 Å². The van der Waals surface area contributed by atoms with E-state index in [2.05, 4.69) is 53.8 Å². The van der Waals surface area contributed by atoms with Gasteiger partial charge in [0, 0.05) is 10.9 Å². The van der Waals surface area contributed by atoms with Gasteiger partial charge in [-0.15, -0.1) is 11.3 Å². The second-order valence-corrected chi connectivity index (χ2v) is 6.86. The molecule has 1 atom stereocenters. The van der Waals surface area contributed by atoms with Crippen molar-refractivity contribution in [2.45, 2.75) is 72.9 Å². The molecule has 0 radical (unpaired) electrons. The first kappa shape index (κ1) is 15.6. The van der Waals surface area contributed by atoms with Gasteiger partial charge in [0.1, 0.15) is 5.01 Å². The van der Waals surface area contributed by atoms with E-state index < -0.39 is 0 Å². The fourth-order valence-electron chi connectivity index (χ4n) is 2.60. The highest BCUT2D eigenvalue weighted by Gasteiger charge is 2.37. The average molecular weight is 268 g/mol. The van der Waals surface area contributed by atoms with Crippen molar-refractivity contribution in [3.63, 3.8) is 0 Å². The van der Waals surface area contributed by atoms with Gasteiger partial charge < -0.3 is 5.32 Å². The van der Waals surface area contributed by atoms with Gasteiger partial charge in [0.05, 0.1) is 11.2 Å². The summed E-state index contributed by atoms with van der Waals surface area (Å²) in [5, 5.41) is 5.04. The molecule has 1 heterocycles. The van der Waals surface area contributed by atoms with Crippen LogP contribution < -0.4 is 5.32 Å². The molecule has 1 unspecified atom stereocenters.